The summed E-state index contributed by atoms with van der Waals surface area (Å²) in [4.78, 5) is 36.6. The largest absolute Gasteiger partial charge is 0.458 e. The molecule has 0 aromatic rings. The van der Waals surface area contributed by atoms with Crippen molar-refractivity contribution in [3.8, 4) is 0 Å². The van der Waals surface area contributed by atoms with E-state index in [2.05, 4.69) is 13.2 Å². The van der Waals surface area contributed by atoms with Crippen LogP contribution in [0, 0.1) is 22.7 Å². The fourth-order valence-corrected chi connectivity index (χ4v) is 6.48. The van der Waals surface area contributed by atoms with E-state index in [0.29, 0.717) is 24.8 Å². The van der Waals surface area contributed by atoms with Crippen LogP contribution in [0.1, 0.15) is 66.7 Å². The fraction of sp³-hybridized carbons (Fsp3) is 0.679. The Hall–Kier alpha value is -2.49. The van der Waals surface area contributed by atoms with Crippen LogP contribution >= 0.6 is 0 Å². The molecular formula is C28H40O9. The number of hydrogen-bond donors (Lipinski definition) is 2. The number of aliphatic hydroxyl groups is 2. The monoisotopic (exact) mass is 520 g/mol. The number of allylic oxidation sites excluding steroid dienone is 2. The molecule has 2 fully saturated rings. The molecule has 1 spiro atoms. The zero-order chi connectivity index (χ0) is 27.7. The summed E-state index contributed by atoms with van der Waals surface area (Å²) in [5.41, 5.74) is -0.952. The first-order valence-electron chi connectivity index (χ1n) is 12.9. The van der Waals surface area contributed by atoms with Gasteiger partial charge in [-0.3, -0.25) is 19.1 Å². The molecule has 0 bridgehead atoms. The first-order chi connectivity index (χ1) is 17.3. The zero-order valence-electron chi connectivity index (χ0n) is 22.4. The average Bonchev–Trinajstić information content (AvgIpc) is 3.11. The first kappa shape index (κ1) is 29.1. The minimum atomic E-state index is -1.43. The van der Waals surface area contributed by atoms with Crippen molar-refractivity contribution in [1.82, 2.24) is 0 Å². The average molecular weight is 521 g/mol. The quantitative estimate of drug-likeness (QED) is 0.204. The summed E-state index contributed by atoms with van der Waals surface area (Å²) < 4.78 is 22.8. The highest BCUT2D eigenvalue weighted by Gasteiger charge is 2.73. The van der Waals surface area contributed by atoms with E-state index in [9.17, 15) is 24.6 Å². The minimum Gasteiger partial charge on any atom is -0.458 e. The predicted molar refractivity (Wildman–Crippen MR) is 133 cm³/mol. The molecule has 0 unspecified atom stereocenters. The van der Waals surface area contributed by atoms with E-state index in [1.165, 1.54) is 13.8 Å². The normalized spacial score (nSPS) is 38.5. The first-order valence-corrected chi connectivity index (χ1v) is 12.9. The summed E-state index contributed by atoms with van der Waals surface area (Å²) >= 11 is 0. The molecule has 37 heavy (non-hydrogen) atoms. The summed E-state index contributed by atoms with van der Waals surface area (Å²) in [5.74, 6) is -2.55. The van der Waals surface area contributed by atoms with Gasteiger partial charge in [-0.05, 0) is 49.0 Å². The highest BCUT2D eigenvalue weighted by molar-refractivity contribution is 5.70. The second kappa shape index (κ2) is 11.1. The van der Waals surface area contributed by atoms with Gasteiger partial charge in [0.25, 0.3) is 0 Å². The molecule has 206 valence electrons. The lowest BCUT2D eigenvalue weighted by Crippen LogP contribution is -2.68. The van der Waals surface area contributed by atoms with Crippen LogP contribution in [0.5, 0.6) is 0 Å². The maximum absolute atomic E-state index is 12.5. The molecule has 2 N–H and O–H groups in total. The molecule has 0 amide bonds. The van der Waals surface area contributed by atoms with Crippen LogP contribution in [0.4, 0.5) is 0 Å². The van der Waals surface area contributed by atoms with Gasteiger partial charge in [-0.15, -0.1) is 0 Å². The van der Waals surface area contributed by atoms with Crippen LogP contribution in [-0.4, -0.2) is 59.0 Å². The van der Waals surface area contributed by atoms with E-state index < -0.39 is 65.5 Å². The lowest BCUT2D eigenvalue weighted by atomic mass is 9.44. The van der Waals surface area contributed by atoms with Crippen LogP contribution < -0.4 is 0 Å². The molecule has 9 nitrogen and oxygen atoms in total. The Bertz CT molecular complexity index is 971. The highest BCUT2D eigenvalue weighted by atomic mass is 16.8. The molecule has 9 atom stereocenters. The van der Waals surface area contributed by atoms with Crippen molar-refractivity contribution >= 4 is 17.9 Å². The Labute approximate surface area is 218 Å². The zero-order valence-corrected chi connectivity index (χ0v) is 22.4. The number of aliphatic hydroxyl groups excluding tert-OH is 2. The van der Waals surface area contributed by atoms with Gasteiger partial charge in [-0.25, -0.2) is 0 Å². The molecule has 2 aliphatic carbocycles. The van der Waals surface area contributed by atoms with Crippen LogP contribution in [0.25, 0.3) is 0 Å². The molecule has 1 saturated heterocycles. The summed E-state index contributed by atoms with van der Waals surface area (Å²) in [7, 11) is 0. The molecule has 9 heteroatoms. The molecular weight excluding hydrogens is 480 g/mol. The Morgan fingerprint density at radius 1 is 1.16 bits per heavy atom. The van der Waals surface area contributed by atoms with Crippen LogP contribution in [0.15, 0.2) is 36.5 Å². The maximum Gasteiger partial charge on any atom is 0.306 e. The smallest absolute Gasteiger partial charge is 0.306 e. The third-order valence-electron chi connectivity index (χ3n) is 8.52. The molecule has 0 aromatic heterocycles. The number of esters is 3. The number of carbonyl (C=O) groups excluding carboxylic acids is 3. The Morgan fingerprint density at radius 3 is 2.38 bits per heavy atom. The Kier molecular flexibility index (Phi) is 8.71. The van der Waals surface area contributed by atoms with Crippen molar-refractivity contribution in [3.05, 3.63) is 36.5 Å². The van der Waals surface area contributed by atoms with Crippen molar-refractivity contribution in [2.24, 2.45) is 22.7 Å². The topological polar surface area (TPSA) is 129 Å². The molecule has 1 saturated carbocycles. The molecule has 0 aromatic carbocycles. The third kappa shape index (κ3) is 5.13. The van der Waals surface area contributed by atoms with Crippen molar-refractivity contribution in [3.63, 3.8) is 0 Å². The van der Waals surface area contributed by atoms with Gasteiger partial charge in [-0.2, -0.15) is 0 Å². The summed E-state index contributed by atoms with van der Waals surface area (Å²) in [6.07, 6.45) is -0.362. The minimum absolute atomic E-state index is 0.240. The fourth-order valence-electron chi connectivity index (χ4n) is 6.48. The lowest BCUT2D eigenvalue weighted by molar-refractivity contribution is -0.274. The van der Waals surface area contributed by atoms with Gasteiger partial charge in [0, 0.05) is 25.8 Å². The Morgan fingerprint density at radius 2 is 1.81 bits per heavy atom. The number of ether oxygens (including phenoxy) is 4. The lowest BCUT2D eigenvalue weighted by Gasteiger charge is -2.62. The van der Waals surface area contributed by atoms with E-state index in [1.54, 1.807) is 12.2 Å². The second-order valence-electron chi connectivity index (χ2n) is 10.7. The van der Waals surface area contributed by atoms with Gasteiger partial charge in [0.05, 0.1) is 17.6 Å². The van der Waals surface area contributed by atoms with Crippen molar-refractivity contribution in [2.75, 3.05) is 0 Å². The molecule has 3 aliphatic rings. The molecule has 1 aliphatic heterocycles. The number of carbonyl (C=O) groups is 3. The van der Waals surface area contributed by atoms with Crippen LogP contribution in [0.3, 0.4) is 0 Å². The number of rotatable bonds is 9. The highest BCUT2D eigenvalue weighted by Crippen LogP contribution is 2.67. The molecule has 1 heterocycles. The standard InChI is InChI=1S/C28H40O9/c1-8-10-22(31)36-19-13-20-25(34-17(5)29)37-26(35-18(6)30)28(20)21(14-19)27(7,12-11-15(3)9-2)16(4)23(32)24(28)33/h9,13,16,19,21,23-26,32-33H,2-3,8,10-12,14H2,1,4-7H3/t16-,19+,21+,23-,24+,25+,26-,27+,28+/m1/s1. The second-order valence-corrected chi connectivity index (χ2v) is 10.7. The van der Waals surface area contributed by atoms with Crippen LogP contribution in [0.2, 0.25) is 0 Å². The van der Waals surface area contributed by atoms with E-state index in [-0.39, 0.29) is 18.8 Å². The van der Waals surface area contributed by atoms with E-state index >= 15 is 0 Å². The van der Waals surface area contributed by atoms with Crippen molar-refractivity contribution in [2.45, 2.75) is 97.6 Å². The molecule has 0 radical (unpaired) electrons. The molecule has 3 rings (SSSR count). The van der Waals surface area contributed by atoms with Crippen LogP contribution in [-0.2, 0) is 33.3 Å². The predicted octanol–water partition coefficient (Wildman–Crippen LogP) is 3.34. The summed E-state index contributed by atoms with van der Waals surface area (Å²) in [6.45, 7) is 16.0. The summed E-state index contributed by atoms with van der Waals surface area (Å²) in [5, 5.41) is 23.1. The van der Waals surface area contributed by atoms with E-state index in [0.717, 1.165) is 5.57 Å². The van der Waals surface area contributed by atoms with Gasteiger partial charge in [-0.1, -0.05) is 45.6 Å². The SMILES string of the molecule is C=CC(=C)CC[C@@]1(C)[C@H](C)[C@@H](O)[C@H](O)[C@]23C(=C[C@H](OC(=O)CCC)C[C@@H]12)[C@@H](OC(C)=O)O[C@H]3OC(C)=O. The van der Waals surface area contributed by atoms with Crippen molar-refractivity contribution < 1.29 is 43.5 Å². The van der Waals surface area contributed by atoms with Gasteiger partial charge in [0.2, 0.25) is 12.6 Å². The van der Waals surface area contributed by atoms with Gasteiger partial charge in [0.1, 0.15) is 6.10 Å². The summed E-state index contributed by atoms with van der Waals surface area (Å²) in [6, 6.07) is 0. The van der Waals surface area contributed by atoms with E-state index in [1.807, 2.05) is 20.8 Å². The third-order valence-corrected chi connectivity index (χ3v) is 8.52. The van der Waals surface area contributed by atoms with Gasteiger partial charge < -0.3 is 24.4 Å². The van der Waals surface area contributed by atoms with Gasteiger partial charge >= 0.3 is 17.9 Å². The maximum atomic E-state index is 12.5. The van der Waals surface area contributed by atoms with Crippen molar-refractivity contribution in [1.29, 1.82) is 0 Å². The van der Waals surface area contributed by atoms with Gasteiger partial charge in [0.15, 0.2) is 0 Å². The Balaban J connectivity index is 2.23. The number of hydrogen-bond acceptors (Lipinski definition) is 9. The van der Waals surface area contributed by atoms with E-state index in [4.69, 9.17) is 18.9 Å².